The number of fused-ring (bicyclic) bond motifs is 1. The molecule has 0 fully saturated rings. The van der Waals surface area contributed by atoms with Crippen LogP contribution in [0.3, 0.4) is 0 Å². The Balaban J connectivity index is 2.22. The van der Waals surface area contributed by atoms with Gasteiger partial charge < -0.3 is 10.4 Å². The zero-order chi connectivity index (χ0) is 15.7. The number of hydrogen-bond donors (Lipinski definition) is 2. The number of nitrogens with one attached hydrogen (secondary N) is 1. The second-order valence-corrected chi connectivity index (χ2v) is 5.66. The Bertz CT molecular complexity index is 628. The summed E-state index contributed by atoms with van der Waals surface area (Å²) in [7, 11) is 0. The molecule has 116 valence electrons. The molecule has 0 saturated carbocycles. The van der Waals surface area contributed by atoms with Crippen molar-refractivity contribution in [1.82, 2.24) is 19.8 Å². The maximum atomic E-state index is 12.7. The Morgan fingerprint density at radius 1 is 1.33 bits per heavy atom. The van der Waals surface area contributed by atoms with Crippen LogP contribution in [-0.2, 0) is 6.18 Å². The van der Waals surface area contributed by atoms with Gasteiger partial charge in [0.1, 0.15) is 5.82 Å². The second-order valence-electron chi connectivity index (χ2n) is 4.79. The fraction of sp³-hybridized carbons (Fsp3) is 0.545. The third-order valence-corrected chi connectivity index (χ3v) is 3.53. The molecule has 0 amide bonds. The van der Waals surface area contributed by atoms with Crippen molar-refractivity contribution in [3.63, 3.8) is 0 Å². The van der Waals surface area contributed by atoms with Crippen LogP contribution >= 0.6 is 11.8 Å². The zero-order valence-corrected chi connectivity index (χ0v) is 12.2. The molecule has 2 aromatic heterocycles. The van der Waals surface area contributed by atoms with E-state index in [0.717, 1.165) is 0 Å². The highest BCUT2D eigenvalue weighted by atomic mass is 32.2. The first-order valence-electron chi connectivity index (χ1n) is 5.98. The SMILES string of the molecule is CSCC(C)(O)CNc1ccc2nnc(C(F)(F)F)n2n1. The average molecular weight is 321 g/mol. The quantitative estimate of drug-likeness (QED) is 0.872. The van der Waals surface area contributed by atoms with Gasteiger partial charge in [0.15, 0.2) is 5.65 Å². The van der Waals surface area contributed by atoms with Crippen molar-refractivity contribution >= 4 is 23.2 Å². The van der Waals surface area contributed by atoms with Gasteiger partial charge in [0.05, 0.1) is 5.60 Å². The Morgan fingerprint density at radius 2 is 2.05 bits per heavy atom. The van der Waals surface area contributed by atoms with Gasteiger partial charge in [0.25, 0.3) is 5.82 Å². The van der Waals surface area contributed by atoms with Crippen molar-refractivity contribution in [1.29, 1.82) is 0 Å². The zero-order valence-electron chi connectivity index (χ0n) is 11.3. The predicted octanol–water partition coefficient (Wildman–Crippen LogP) is 1.67. The number of aliphatic hydroxyl groups is 1. The summed E-state index contributed by atoms with van der Waals surface area (Å²) in [5, 5.41) is 23.1. The van der Waals surface area contributed by atoms with Gasteiger partial charge in [0, 0.05) is 12.3 Å². The van der Waals surface area contributed by atoms with Gasteiger partial charge in [-0.1, -0.05) is 0 Å². The number of nitrogens with zero attached hydrogens (tertiary/aromatic N) is 4. The average Bonchev–Trinajstić information content (AvgIpc) is 2.79. The van der Waals surface area contributed by atoms with E-state index < -0.39 is 17.6 Å². The van der Waals surface area contributed by atoms with Crippen molar-refractivity contribution in [2.24, 2.45) is 0 Å². The van der Waals surface area contributed by atoms with Crippen LogP contribution in [0.1, 0.15) is 12.7 Å². The van der Waals surface area contributed by atoms with Crippen molar-refractivity contribution in [2.75, 3.05) is 23.9 Å². The number of anilines is 1. The van der Waals surface area contributed by atoms with E-state index in [1.54, 1.807) is 6.92 Å². The molecule has 10 heteroatoms. The highest BCUT2D eigenvalue weighted by molar-refractivity contribution is 7.98. The van der Waals surface area contributed by atoms with Gasteiger partial charge in [-0.3, -0.25) is 0 Å². The van der Waals surface area contributed by atoms with Crippen LogP contribution in [0.15, 0.2) is 12.1 Å². The summed E-state index contributed by atoms with van der Waals surface area (Å²) in [6, 6.07) is 2.86. The van der Waals surface area contributed by atoms with Gasteiger partial charge in [-0.05, 0) is 25.3 Å². The minimum Gasteiger partial charge on any atom is -0.387 e. The normalized spacial score (nSPS) is 15.1. The van der Waals surface area contributed by atoms with Crippen LogP contribution in [0, 0.1) is 0 Å². The molecular weight excluding hydrogens is 307 g/mol. The summed E-state index contributed by atoms with van der Waals surface area (Å²) in [4.78, 5) is 0. The van der Waals surface area contributed by atoms with Crippen molar-refractivity contribution in [3.05, 3.63) is 18.0 Å². The van der Waals surface area contributed by atoms with E-state index in [9.17, 15) is 18.3 Å². The van der Waals surface area contributed by atoms with Gasteiger partial charge in [-0.2, -0.15) is 29.4 Å². The molecule has 6 nitrogen and oxygen atoms in total. The molecule has 2 aromatic rings. The fourth-order valence-corrected chi connectivity index (χ4v) is 2.43. The molecular formula is C11H14F3N5OS. The maximum absolute atomic E-state index is 12.7. The molecule has 1 unspecified atom stereocenters. The molecule has 0 saturated heterocycles. The highest BCUT2D eigenvalue weighted by Gasteiger charge is 2.37. The smallest absolute Gasteiger partial charge is 0.387 e. The van der Waals surface area contributed by atoms with E-state index in [1.165, 1.54) is 23.9 Å². The van der Waals surface area contributed by atoms with Crippen LogP contribution < -0.4 is 5.32 Å². The van der Waals surface area contributed by atoms with E-state index >= 15 is 0 Å². The van der Waals surface area contributed by atoms with E-state index in [-0.39, 0.29) is 18.0 Å². The van der Waals surface area contributed by atoms with Crippen LogP contribution in [0.25, 0.3) is 5.65 Å². The molecule has 1 atom stereocenters. The second kappa shape index (κ2) is 5.68. The van der Waals surface area contributed by atoms with E-state index in [2.05, 4.69) is 20.6 Å². The predicted molar refractivity (Wildman–Crippen MR) is 73.3 cm³/mol. The highest BCUT2D eigenvalue weighted by Crippen LogP contribution is 2.27. The number of hydrogen-bond acceptors (Lipinski definition) is 6. The van der Waals surface area contributed by atoms with Gasteiger partial charge >= 0.3 is 6.18 Å². The molecule has 2 N–H and O–H groups in total. The summed E-state index contributed by atoms with van der Waals surface area (Å²) in [6.45, 7) is 1.80. The molecule has 0 aliphatic carbocycles. The van der Waals surface area contributed by atoms with Gasteiger partial charge in [0.2, 0.25) is 0 Å². The largest absolute Gasteiger partial charge is 0.453 e. The molecule has 0 aliphatic rings. The first kappa shape index (κ1) is 15.8. The Morgan fingerprint density at radius 3 is 2.67 bits per heavy atom. The van der Waals surface area contributed by atoms with Gasteiger partial charge in [-0.15, -0.1) is 15.3 Å². The molecule has 0 spiro atoms. The summed E-state index contributed by atoms with van der Waals surface area (Å²) in [5.41, 5.74) is -0.987. The minimum atomic E-state index is -4.63. The number of alkyl halides is 3. The molecule has 21 heavy (non-hydrogen) atoms. The lowest BCUT2D eigenvalue weighted by Gasteiger charge is -2.22. The Labute approximate surface area is 122 Å². The number of rotatable bonds is 5. The molecule has 0 radical (unpaired) electrons. The number of thioether (sulfide) groups is 1. The van der Waals surface area contributed by atoms with Crippen LogP contribution in [-0.4, -0.2) is 49.1 Å². The van der Waals surface area contributed by atoms with Crippen LogP contribution in [0.5, 0.6) is 0 Å². The van der Waals surface area contributed by atoms with Crippen molar-refractivity contribution in [2.45, 2.75) is 18.7 Å². The number of halogens is 3. The van der Waals surface area contributed by atoms with Gasteiger partial charge in [-0.25, -0.2) is 0 Å². The molecule has 0 bridgehead atoms. The topological polar surface area (TPSA) is 75.3 Å². The molecule has 0 aliphatic heterocycles. The van der Waals surface area contributed by atoms with Crippen molar-refractivity contribution in [3.8, 4) is 0 Å². The lowest BCUT2D eigenvalue weighted by Crippen LogP contribution is -2.36. The maximum Gasteiger partial charge on any atom is 0.453 e. The van der Waals surface area contributed by atoms with Crippen LogP contribution in [0.2, 0.25) is 0 Å². The third kappa shape index (κ3) is 3.76. The molecule has 2 heterocycles. The Hall–Kier alpha value is -1.55. The first-order valence-corrected chi connectivity index (χ1v) is 7.37. The lowest BCUT2D eigenvalue weighted by molar-refractivity contribution is -0.146. The van der Waals surface area contributed by atoms with E-state index in [4.69, 9.17) is 0 Å². The first-order chi connectivity index (χ1) is 9.73. The molecule has 0 aromatic carbocycles. The summed E-state index contributed by atoms with van der Waals surface area (Å²) >= 11 is 1.47. The molecule has 2 rings (SSSR count). The monoisotopic (exact) mass is 321 g/mol. The number of aromatic nitrogens is 4. The summed E-state index contributed by atoms with van der Waals surface area (Å²) < 4.78 is 38.8. The fourth-order valence-electron chi connectivity index (χ4n) is 1.70. The summed E-state index contributed by atoms with van der Waals surface area (Å²) in [5.74, 6) is -0.492. The third-order valence-electron chi connectivity index (χ3n) is 2.62. The minimum absolute atomic E-state index is 0.00347. The standard InChI is InChI=1S/C11H14F3N5OS/c1-10(20,6-21-2)5-15-7-3-4-8-16-17-9(11(12,13)14)19(8)18-7/h3-4,20H,5-6H2,1-2H3,(H,15,18). The van der Waals surface area contributed by atoms with E-state index in [0.29, 0.717) is 10.3 Å². The summed E-state index contributed by atoms with van der Waals surface area (Å²) in [6.07, 6.45) is -2.78. The van der Waals surface area contributed by atoms with E-state index in [1.807, 2.05) is 6.26 Å². The van der Waals surface area contributed by atoms with Crippen molar-refractivity contribution < 1.29 is 18.3 Å². The lowest BCUT2D eigenvalue weighted by atomic mass is 10.1. The van der Waals surface area contributed by atoms with Crippen LogP contribution in [0.4, 0.5) is 19.0 Å². The Kier molecular flexibility index (Phi) is 4.28.